The second kappa shape index (κ2) is 5.06. The summed E-state index contributed by atoms with van der Waals surface area (Å²) >= 11 is 1.65. The van der Waals surface area contributed by atoms with Crippen molar-refractivity contribution in [3.05, 3.63) is 28.5 Å². The third kappa shape index (κ3) is 2.44. The van der Waals surface area contributed by atoms with Gasteiger partial charge in [-0.2, -0.15) is 0 Å². The first-order valence-corrected chi connectivity index (χ1v) is 7.67. The Hall–Kier alpha value is -1.20. The van der Waals surface area contributed by atoms with E-state index in [9.17, 15) is 5.11 Å². The fourth-order valence-corrected chi connectivity index (χ4v) is 3.68. The van der Waals surface area contributed by atoms with Crippen molar-refractivity contribution in [3.63, 3.8) is 0 Å². The average Bonchev–Trinajstić information content (AvgIpc) is 2.95. The smallest absolute Gasteiger partial charge is 0.216 e. The van der Waals surface area contributed by atoms with E-state index in [4.69, 9.17) is 0 Å². The number of rotatable bonds is 3. The van der Waals surface area contributed by atoms with Gasteiger partial charge in [0.25, 0.3) is 0 Å². The minimum absolute atomic E-state index is 0.312. The number of nitrogens with zero attached hydrogens (tertiary/aromatic N) is 3. The summed E-state index contributed by atoms with van der Waals surface area (Å²) in [7, 11) is 0. The van der Waals surface area contributed by atoms with Gasteiger partial charge in [0.1, 0.15) is 5.01 Å². The molecule has 1 N–H and O–H groups in total. The van der Waals surface area contributed by atoms with Gasteiger partial charge in [0.2, 0.25) is 5.13 Å². The van der Waals surface area contributed by atoms with E-state index >= 15 is 0 Å². The van der Waals surface area contributed by atoms with Crippen LogP contribution < -0.4 is 0 Å². The van der Waals surface area contributed by atoms with Crippen LogP contribution in [0.5, 0.6) is 0 Å². The molecule has 102 valence electrons. The topological polar surface area (TPSA) is 50.9 Å². The Balaban J connectivity index is 1.92. The van der Waals surface area contributed by atoms with Crippen molar-refractivity contribution in [1.29, 1.82) is 0 Å². The van der Waals surface area contributed by atoms with Crippen molar-refractivity contribution in [2.24, 2.45) is 5.92 Å². The van der Waals surface area contributed by atoms with Gasteiger partial charge in [-0.25, -0.2) is 0 Å². The Morgan fingerprint density at radius 1 is 1.47 bits per heavy atom. The molecule has 1 aliphatic carbocycles. The van der Waals surface area contributed by atoms with Crippen LogP contribution in [-0.2, 0) is 12.8 Å². The Kier molecular flexibility index (Phi) is 3.41. The van der Waals surface area contributed by atoms with E-state index in [1.165, 1.54) is 5.69 Å². The third-order valence-electron chi connectivity index (χ3n) is 3.52. The molecule has 2 heterocycles. The van der Waals surface area contributed by atoms with Crippen LogP contribution in [0.15, 0.2) is 12.3 Å². The van der Waals surface area contributed by atoms with E-state index in [1.807, 2.05) is 12.3 Å². The molecule has 0 spiro atoms. The molecule has 1 atom stereocenters. The molecule has 4 nitrogen and oxygen atoms in total. The van der Waals surface area contributed by atoms with Gasteiger partial charge in [0.05, 0.1) is 6.10 Å². The average molecular weight is 277 g/mol. The van der Waals surface area contributed by atoms with Gasteiger partial charge in [-0.15, -0.1) is 10.2 Å². The van der Waals surface area contributed by atoms with E-state index in [1.54, 1.807) is 11.3 Å². The van der Waals surface area contributed by atoms with Crippen LogP contribution in [0.4, 0.5) is 0 Å². The fourth-order valence-electron chi connectivity index (χ4n) is 2.62. The normalized spacial score (nSPS) is 18.8. The van der Waals surface area contributed by atoms with Gasteiger partial charge < -0.3 is 5.11 Å². The minimum atomic E-state index is -0.312. The standard InChI is InChI=1S/C14H19N3OS/c1-9(2)8-13-15-16-14(19-13)17-7-6-10-11(17)4-3-5-12(10)18/h6-7,9,12,18H,3-5,8H2,1-2H3. The maximum absolute atomic E-state index is 10.00. The zero-order valence-electron chi connectivity index (χ0n) is 11.3. The van der Waals surface area contributed by atoms with Gasteiger partial charge in [0.15, 0.2) is 0 Å². The van der Waals surface area contributed by atoms with Crippen LogP contribution in [0, 0.1) is 5.92 Å². The lowest BCUT2D eigenvalue weighted by Crippen LogP contribution is -2.10. The molecular weight excluding hydrogens is 258 g/mol. The highest BCUT2D eigenvalue weighted by Crippen LogP contribution is 2.32. The molecule has 3 rings (SSSR count). The van der Waals surface area contributed by atoms with Crippen LogP contribution in [0.2, 0.25) is 0 Å². The van der Waals surface area contributed by atoms with E-state index < -0.39 is 0 Å². The Morgan fingerprint density at radius 2 is 2.32 bits per heavy atom. The Bertz CT molecular complexity index is 573. The molecule has 0 aromatic carbocycles. The number of fused-ring (bicyclic) bond motifs is 1. The number of aliphatic hydroxyl groups is 1. The Labute approximate surface area is 117 Å². The highest BCUT2D eigenvalue weighted by atomic mass is 32.1. The molecule has 5 heteroatoms. The predicted octanol–water partition coefficient (Wildman–Crippen LogP) is 2.90. The molecule has 0 amide bonds. The lowest BCUT2D eigenvalue weighted by atomic mass is 9.95. The van der Waals surface area contributed by atoms with E-state index in [2.05, 4.69) is 28.6 Å². The molecule has 0 radical (unpaired) electrons. The summed E-state index contributed by atoms with van der Waals surface area (Å²) in [6.45, 7) is 4.38. The van der Waals surface area contributed by atoms with Crippen LogP contribution >= 0.6 is 11.3 Å². The lowest BCUT2D eigenvalue weighted by molar-refractivity contribution is 0.156. The molecule has 0 saturated carbocycles. The van der Waals surface area contributed by atoms with Crippen LogP contribution in [0.25, 0.3) is 5.13 Å². The summed E-state index contributed by atoms with van der Waals surface area (Å²) in [5.74, 6) is 0.598. The highest BCUT2D eigenvalue weighted by Gasteiger charge is 2.22. The van der Waals surface area contributed by atoms with Crippen LogP contribution in [0.1, 0.15) is 49.1 Å². The first kappa shape index (κ1) is 12.8. The van der Waals surface area contributed by atoms with E-state index in [-0.39, 0.29) is 6.10 Å². The van der Waals surface area contributed by atoms with Gasteiger partial charge in [-0.05, 0) is 31.2 Å². The van der Waals surface area contributed by atoms with Gasteiger partial charge in [-0.3, -0.25) is 4.57 Å². The monoisotopic (exact) mass is 277 g/mol. The van der Waals surface area contributed by atoms with Crippen LogP contribution in [0.3, 0.4) is 0 Å². The maximum atomic E-state index is 10.00. The van der Waals surface area contributed by atoms with Gasteiger partial charge >= 0.3 is 0 Å². The molecule has 0 saturated heterocycles. The summed E-state index contributed by atoms with van der Waals surface area (Å²) in [6, 6.07) is 2.02. The first-order valence-electron chi connectivity index (χ1n) is 6.86. The predicted molar refractivity (Wildman–Crippen MR) is 75.7 cm³/mol. The number of hydrogen-bond acceptors (Lipinski definition) is 4. The molecule has 1 unspecified atom stereocenters. The summed E-state index contributed by atoms with van der Waals surface area (Å²) in [6.07, 6.45) is 5.59. The largest absolute Gasteiger partial charge is 0.388 e. The molecule has 2 aromatic heterocycles. The van der Waals surface area contributed by atoms with Crippen molar-refractivity contribution in [3.8, 4) is 5.13 Å². The van der Waals surface area contributed by atoms with Crippen molar-refractivity contribution in [2.45, 2.75) is 45.6 Å². The van der Waals surface area contributed by atoms with Crippen molar-refractivity contribution in [2.75, 3.05) is 0 Å². The molecule has 19 heavy (non-hydrogen) atoms. The lowest BCUT2D eigenvalue weighted by Gasteiger charge is -2.19. The summed E-state index contributed by atoms with van der Waals surface area (Å²) in [5.41, 5.74) is 2.26. The minimum Gasteiger partial charge on any atom is -0.388 e. The molecule has 0 bridgehead atoms. The molecule has 2 aromatic rings. The van der Waals surface area contributed by atoms with Gasteiger partial charge in [-0.1, -0.05) is 25.2 Å². The zero-order chi connectivity index (χ0) is 13.4. The number of aliphatic hydroxyl groups excluding tert-OH is 1. The SMILES string of the molecule is CC(C)Cc1nnc(-n2ccc3c2CCCC3O)s1. The highest BCUT2D eigenvalue weighted by molar-refractivity contribution is 7.13. The van der Waals surface area contributed by atoms with Gasteiger partial charge in [0, 0.05) is 23.9 Å². The molecule has 1 aliphatic rings. The molecular formula is C14H19N3OS. The maximum Gasteiger partial charge on any atom is 0.216 e. The third-order valence-corrected chi connectivity index (χ3v) is 4.47. The number of aromatic nitrogens is 3. The van der Waals surface area contributed by atoms with E-state index in [0.717, 1.165) is 41.4 Å². The second-order valence-corrected chi connectivity index (χ2v) is 6.61. The summed E-state index contributed by atoms with van der Waals surface area (Å²) in [4.78, 5) is 0. The fraction of sp³-hybridized carbons (Fsp3) is 0.571. The van der Waals surface area contributed by atoms with Crippen molar-refractivity contribution < 1.29 is 5.11 Å². The molecule has 0 aliphatic heterocycles. The second-order valence-electron chi connectivity index (χ2n) is 5.57. The van der Waals surface area contributed by atoms with Crippen molar-refractivity contribution >= 4 is 11.3 Å². The quantitative estimate of drug-likeness (QED) is 0.938. The zero-order valence-corrected chi connectivity index (χ0v) is 12.2. The Morgan fingerprint density at radius 3 is 3.11 bits per heavy atom. The summed E-state index contributed by atoms with van der Waals surface area (Å²) < 4.78 is 2.10. The van der Waals surface area contributed by atoms with Crippen LogP contribution in [-0.4, -0.2) is 19.9 Å². The number of hydrogen-bond donors (Lipinski definition) is 1. The molecule has 0 fully saturated rings. The van der Waals surface area contributed by atoms with Crippen molar-refractivity contribution in [1.82, 2.24) is 14.8 Å². The summed E-state index contributed by atoms with van der Waals surface area (Å²) in [5, 5.41) is 20.6. The first-order chi connectivity index (χ1) is 9.15. The van der Waals surface area contributed by atoms with E-state index in [0.29, 0.717) is 5.92 Å².